The van der Waals surface area contributed by atoms with Gasteiger partial charge in [0, 0.05) is 4.47 Å². The number of rotatable bonds is 3. The van der Waals surface area contributed by atoms with Crippen molar-refractivity contribution < 1.29 is 9.53 Å². The number of carbonyl (C=O) groups is 1. The van der Waals surface area contributed by atoms with Gasteiger partial charge in [0.15, 0.2) is 0 Å². The van der Waals surface area contributed by atoms with Crippen molar-refractivity contribution in [3.8, 4) is 0 Å². The van der Waals surface area contributed by atoms with Crippen molar-refractivity contribution in [1.29, 1.82) is 0 Å². The molecule has 0 spiro atoms. The van der Waals surface area contributed by atoms with Gasteiger partial charge in [-0.25, -0.2) is 4.79 Å². The molecule has 0 aliphatic heterocycles. The highest BCUT2D eigenvalue weighted by Gasteiger charge is 2.18. The predicted molar refractivity (Wildman–Crippen MR) is 60.2 cm³/mol. The monoisotopic (exact) mass is 272 g/mol. The number of hydrogen-bond donors (Lipinski definition) is 1. The van der Waals surface area contributed by atoms with Crippen LogP contribution in [-0.2, 0) is 9.53 Å². The number of aromatic nitrogens is 1. The summed E-state index contributed by atoms with van der Waals surface area (Å²) in [6, 6.07) is 2.71. The van der Waals surface area contributed by atoms with Gasteiger partial charge in [-0.2, -0.15) is 0 Å². The molecule has 4 nitrogen and oxygen atoms in total. The van der Waals surface area contributed by atoms with E-state index >= 15 is 0 Å². The Balaban J connectivity index is 2.86. The first kappa shape index (κ1) is 12.1. The first-order valence-corrected chi connectivity index (χ1v) is 5.40. The summed E-state index contributed by atoms with van der Waals surface area (Å²) in [6.07, 6.45) is 0. The van der Waals surface area contributed by atoms with E-state index in [4.69, 9.17) is 10.5 Å². The molecule has 1 rings (SSSR count). The third-order valence-corrected chi connectivity index (χ3v) is 2.74. The molecule has 0 saturated carbocycles. The number of esters is 1. The number of carbonyl (C=O) groups excluding carboxylic acids is 1. The van der Waals surface area contributed by atoms with Crippen molar-refractivity contribution in [2.24, 2.45) is 5.73 Å². The van der Waals surface area contributed by atoms with E-state index in [1.165, 1.54) is 0 Å². The lowest BCUT2D eigenvalue weighted by Gasteiger charge is -2.10. The Morgan fingerprint density at radius 1 is 1.67 bits per heavy atom. The number of halogens is 1. The van der Waals surface area contributed by atoms with Gasteiger partial charge in [-0.3, -0.25) is 4.98 Å². The van der Waals surface area contributed by atoms with Crippen LogP contribution >= 0.6 is 15.9 Å². The van der Waals surface area contributed by atoms with Gasteiger partial charge in [0.2, 0.25) is 0 Å². The van der Waals surface area contributed by atoms with Crippen LogP contribution in [0.3, 0.4) is 0 Å². The fraction of sp³-hybridized carbons (Fsp3) is 0.400. The maximum absolute atomic E-state index is 11.3. The van der Waals surface area contributed by atoms with E-state index in [2.05, 4.69) is 20.9 Å². The van der Waals surface area contributed by atoms with Gasteiger partial charge in [0.05, 0.1) is 18.0 Å². The summed E-state index contributed by atoms with van der Waals surface area (Å²) >= 11 is 3.33. The summed E-state index contributed by atoms with van der Waals surface area (Å²) in [6.45, 7) is 3.90. The zero-order valence-electron chi connectivity index (χ0n) is 8.66. The maximum atomic E-state index is 11.3. The van der Waals surface area contributed by atoms with Crippen molar-refractivity contribution in [3.05, 3.63) is 28.0 Å². The molecule has 2 N–H and O–H groups in total. The summed E-state index contributed by atoms with van der Waals surface area (Å²) in [5.74, 6) is -0.452. The lowest BCUT2D eigenvalue weighted by atomic mass is 10.2. The minimum Gasteiger partial charge on any atom is -0.465 e. The smallest absolute Gasteiger partial charge is 0.329 e. The van der Waals surface area contributed by atoms with Crippen LogP contribution in [-0.4, -0.2) is 17.6 Å². The number of aryl methyl sites for hydroxylation is 1. The Hall–Kier alpha value is -0.940. The number of hydrogen-bond acceptors (Lipinski definition) is 4. The van der Waals surface area contributed by atoms with Crippen molar-refractivity contribution in [2.45, 2.75) is 19.9 Å². The molecule has 0 saturated heterocycles. The van der Waals surface area contributed by atoms with Crippen LogP contribution in [0.15, 0.2) is 16.6 Å². The molecule has 0 amide bonds. The van der Waals surface area contributed by atoms with Crippen molar-refractivity contribution in [2.75, 3.05) is 6.61 Å². The quantitative estimate of drug-likeness (QED) is 0.851. The Morgan fingerprint density at radius 2 is 2.33 bits per heavy atom. The van der Waals surface area contributed by atoms with Gasteiger partial charge in [-0.15, -0.1) is 0 Å². The van der Waals surface area contributed by atoms with Gasteiger partial charge in [-0.1, -0.05) is 0 Å². The molecular formula is C10H13BrN2O2. The van der Waals surface area contributed by atoms with E-state index < -0.39 is 12.0 Å². The van der Waals surface area contributed by atoms with Crippen molar-refractivity contribution in [3.63, 3.8) is 0 Å². The highest BCUT2D eigenvalue weighted by Crippen LogP contribution is 2.17. The molecule has 0 aromatic carbocycles. The van der Waals surface area contributed by atoms with Crippen LogP contribution in [0.25, 0.3) is 0 Å². The largest absolute Gasteiger partial charge is 0.465 e. The molecule has 15 heavy (non-hydrogen) atoms. The highest BCUT2D eigenvalue weighted by molar-refractivity contribution is 9.10. The van der Waals surface area contributed by atoms with E-state index in [1.54, 1.807) is 13.0 Å². The molecule has 0 fully saturated rings. The van der Waals surface area contributed by atoms with Crippen LogP contribution in [0, 0.1) is 6.92 Å². The summed E-state index contributed by atoms with van der Waals surface area (Å²) in [4.78, 5) is 15.5. The number of ether oxygens (including phenoxy) is 1. The van der Waals surface area contributed by atoms with Crippen molar-refractivity contribution >= 4 is 21.9 Å². The molecule has 82 valence electrons. The van der Waals surface area contributed by atoms with Crippen molar-refractivity contribution in [1.82, 2.24) is 4.98 Å². The molecule has 0 radical (unpaired) electrons. The lowest BCUT2D eigenvalue weighted by molar-refractivity contribution is -0.144. The summed E-state index contributed by atoms with van der Waals surface area (Å²) in [5.41, 5.74) is 7.01. The molecule has 1 unspecified atom stereocenters. The molecule has 0 aliphatic carbocycles. The second-order valence-electron chi connectivity index (χ2n) is 3.03. The third-order valence-electron chi connectivity index (χ3n) is 1.90. The number of nitrogens with zero attached hydrogens (tertiary/aromatic N) is 1. The first-order valence-electron chi connectivity index (χ1n) is 4.61. The number of nitrogens with two attached hydrogens (primary N) is 1. The van der Waals surface area contributed by atoms with Crippen LogP contribution in [0.2, 0.25) is 0 Å². The van der Waals surface area contributed by atoms with Crippen LogP contribution < -0.4 is 5.73 Å². The number of pyridine rings is 1. The topological polar surface area (TPSA) is 65.2 Å². The summed E-state index contributed by atoms with van der Waals surface area (Å²) in [7, 11) is 0. The predicted octanol–water partition coefficient (Wildman–Crippen LogP) is 1.72. The van der Waals surface area contributed by atoms with Gasteiger partial charge in [-0.05, 0) is 41.9 Å². The van der Waals surface area contributed by atoms with E-state index in [9.17, 15) is 4.79 Å². The zero-order chi connectivity index (χ0) is 11.4. The maximum Gasteiger partial charge on any atom is 0.329 e. The zero-order valence-corrected chi connectivity index (χ0v) is 10.2. The second-order valence-corrected chi connectivity index (χ2v) is 3.89. The van der Waals surface area contributed by atoms with E-state index in [1.807, 2.05) is 13.0 Å². The third kappa shape index (κ3) is 3.00. The minimum atomic E-state index is -0.809. The van der Waals surface area contributed by atoms with Gasteiger partial charge in [0.1, 0.15) is 6.04 Å². The van der Waals surface area contributed by atoms with Gasteiger partial charge < -0.3 is 10.5 Å². The molecule has 1 aromatic heterocycles. The Kier molecular flexibility index (Phi) is 4.23. The molecule has 1 heterocycles. The minimum absolute atomic E-state index is 0.321. The van der Waals surface area contributed by atoms with Crippen LogP contribution in [0.4, 0.5) is 0 Å². The average molecular weight is 273 g/mol. The Morgan fingerprint density at radius 3 is 2.87 bits per heavy atom. The Bertz CT molecular complexity index is 368. The average Bonchev–Trinajstić information content (AvgIpc) is 2.21. The molecule has 5 heteroatoms. The van der Waals surface area contributed by atoms with Crippen LogP contribution in [0.1, 0.15) is 24.4 Å². The Labute approximate surface area is 97.0 Å². The lowest BCUT2D eigenvalue weighted by Crippen LogP contribution is -2.24. The van der Waals surface area contributed by atoms with E-state index in [0.29, 0.717) is 12.3 Å². The fourth-order valence-electron chi connectivity index (χ4n) is 1.09. The molecule has 0 aliphatic rings. The van der Waals surface area contributed by atoms with Gasteiger partial charge in [0.25, 0.3) is 0 Å². The molecule has 1 atom stereocenters. The molecular weight excluding hydrogens is 260 g/mol. The normalized spacial score (nSPS) is 12.3. The van der Waals surface area contributed by atoms with E-state index in [-0.39, 0.29) is 0 Å². The highest BCUT2D eigenvalue weighted by atomic mass is 79.9. The first-order chi connectivity index (χ1) is 7.06. The standard InChI is InChI=1S/C10H13BrN2O2/c1-3-15-10(14)9(12)8-5-4-7(11)6(2)13-8/h4-5,9H,3,12H2,1-2H3. The van der Waals surface area contributed by atoms with Crippen LogP contribution in [0.5, 0.6) is 0 Å². The summed E-state index contributed by atoms with van der Waals surface area (Å²) < 4.78 is 5.70. The fourth-order valence-corrected chi connectivity index (χ4v) is 1.31. The SMILES string of the molecule is CCOC(=O)C(N)c1ccc(Br)c(C)n1. The second kappa shape index (κ2) is 5.23. The molecule has 1 aromatic rings. The molecule has 0 bridgehead atoms. The summed E-state index contributed by atoms with van der Waals surface area (Å²) in [5, 5.41) is 0. The van der Waals surface area contributed by atoms with Gasteiger partial charge >= 0.3 is 5.97 Å². The van der Waals surface area contributed by atoms with E-state index in [0.717, 1.165) is 10.2 Å².